The van der Waals surface area contributed by atoms with E-state index in [4.69, 9.17) is 4.74 Å². The van der Waals surface area contributed by atoms with E-state index in [1.54, 1.807) is 12.1 Å². The smallest absolute Gasteiger partial charge is 0.269 e. The third-order valence-electron chi connectivity index (χ3n) is 5.19. The number of ether oxygens (including phenoxy) is 1. The van der Waals surface area contributed by atoms with Crippen LogP contribution in [0.3, 0.4) is 0 Å². The van der Waals surface area contributed by atoms with Crippen molar-refractivity contribution in [2.45, 2.75) is 32.1 Å². The number of aromatic nitrogens is 1. The fraction of sp³-hybridized carbons (Fsp3) is 0.571. The monoisotopic (exact) mass is 386 g/mol. The Kier molecular flexibility index (Phi) is 7.99. The Morgan fingerprint density at radius 1 is 1.11 bits per heavy atom. The Morgan fingerprint density at radius 3 is 2.71 bits per heavy atom. The number of nitrogens with zero attached hydrogens (tertiary/aromatic N) is 2. The maximum Gasteiger partial charge on any atom is 0.269 e. The summed E-state index contributed by atoms with van der Waals surface area (Å²) in [5, 5.41) is 5.82. The van der Waals surface area contributed by atoms with Crippen LogP contribution in [0.4, 0.5) is 0 Å². The first-order valence-corrected chi connectivity index (χ1v) is 10.2. The van der Waals surface area contributed by atoms with Crippen molar-refractivity contribution in [3.05, 3.63) is 41.2 Å². The molecule has 0 saturated carbocycles. The molecular formula is C21H30N4O3. The maximum absolute atomic E-state index is 12.4. The van der Waals surface area contributed by atoms with Crippen LogP contribution in [0.15, 0.2) is 30.0 Å². The molecule has 3 rings (SSSR count). The zero-order valence-electron chi connectivity index (χ0n) is 16.4. The Hall–Kier alpha value is -2.25. The molecule has 0 unspecified atom stereocenters. The van der Waals surface area contributed by atoms with Crippen molar-refractivity contribution in [1.82, 2.24) is 20.5 Å². The second-order valence-electron chi connectivity index (χ2n) is 7.25. The van der Waals surface area contributed by atoms with Gasteiger partial charge in [0.1, 0.15) is 5.69 Å². The van der Waals surface area contributed by atoms with Gasteiger partial charge in [-0.2, -0.15) is 0 Å². The van der Waals surface area contributed by atoms with E-state index in [0.29, 0.717) is 18.7 Å². The zero-order valence-corrected chi connectivity index (χ0v) is 16.4. The fourth-order valence-electron chi connectivity index (χ4n) is 3.51. The molecule has 2 N–H and O–H groups in total. The molecular weight excluding hydrogens is 356 g/mol. The van der Waals surface area contributed by atoms with E-state index < -0.39 is 0 Å². The lowest BCUT2D eigenvalue weighted by molar-refractivity contribution is 0.0383. The molecule has 1 aromatic rings. The van der Waals surface area contributed by atoms with E-state index in [-0.39, 0.29) is 17.5 Å². The molecule has 2 amide bonds. The number of hydrogen-bond donors (Lipinski definition) is 2. The minimum atomic E-state index is -0.237. The highest BCUT2D eigenvalue weighted by molar-refractivity contribution is 5.98. The Labute approximate surface area is 166 Å². The summed E-state index contributed by atoms with van der Waals surface area (Å²) < 4.78 is 5.32. The average molecular weight is 386 g/mol. The largest absolute Gasteiger partial charge is 0.379 e. The number of amides is 2. The minimum absolute atomic E-state index is 0.183. The summed E-state index contributed by atoms with van der Waals surface area (Å²) in [6, 6.07) is 3.19. The molecule has 28 heavy (non-hydrogen) atoms. The van der Waals surface area contributed by atoms with Gasteiger partial charge in [0, 0.05) is 44.5 Å². The summed E-state index contributed by atoms with van der Waals surface area (Å²) in [4.78, 5) is 31.1. The van der Waals surface area contributed by atoms with Gasteiger partial charge in [0.15, 0.2) is 0 Å². The minimum Gasteiger partial charge on any atom is -0.379 e. The zero-order chi connectivity index (χ0) is 19.6. The van der Waals surface area contributed by atoms with Crippen LogP contribution in [0.5, 0.6) is 0 Å². The number of hydrogen-bond acceptors (Lipinski definition) is 5. The van der Waals surface area contributed by atoms with Crippen LogP contribution in [-0.4, -0.2) is 67.6 Å². The number of allylic oxidation sites excluding steroid dienone is 1. The van der Waals surface area contributed by atoms with Gasteiger partial charge >= 0.3 is 0 Å². The van der Waals surface area contributed by atoms with Gasteiger partial charge in [-0.15, -0.1) is 0 Å². The molecule has 1 aliphatic heterocycles. The van der Waals surface area contributed by atoms with E-state index in [1.807, 2.05) is 0 Å². The molecule has 2 heterocycles. The normalized spacial score (nSPS) is 17.6. The van der Waals surface area contributed by atoms with Crippen molar-refractivity contribution in [3.63, 3.8) is 0 Å². The van der Waals surface area contributed by atoms with Gasteiger partial charge in [0.2, 0.25) is 0 Å². The third kappa shape index (κ3) is 6.42. The first kappa shape index (κ1) is 20.5. The number of pyridine rings is 1. The highest BCUT2D eigenvalue weighted by Crippen LogP contribution is 2.19. The van der Waals surface area contributed by atoms with Crippen molar-refractivity contribution in [1.29, 1.82) is 0 Å². The summed E-state index contributed by atoms with van der Waals surface area (Å²) in [6.45, 7) is 5.24. The Bertz CT molecular complexity index is 699. The summed E-state index contributed by atoms with van der Waals surface area (Å²) in [5.74, 6) is -0.420. The molecule has 7 nitrogen and oxygen atoms in total. The molecule has 0 radical (unpaired) electrons. The molecule has 1 saturated heterocycles. The molecule has 1 aromatic heterocycles. The summed E-state index contributed by atoms with van der Waals surface area (Å²) in [6.07, 6.45) is 9.46. The van der Waals surface area contributed by atoms with Crippen molar-refractivity contribution < 1.29 is 14.3 Å². The second kappa shape index (κ2) is 10.9. The van der Waals surface area contributed by atoms with E-state index in [2.05, 4.69) is 26.6 Å². The van der Waals surface area contributed by atoms with Crippen molar-refractivity contribution in [3.8, 4) is 0 Å². The first-order valence-electron chi connectivity index (χ1n) is 10.2. The molecule has 0 bridgehead atoms. The van der Waals surface area contributed by atoms with Crippen LogP contribution in [-0.2, 0) is 4.74 Å². The molecule has 0 spiro atoms. The molecule has 0 atom stereocenters. The highest BCUT2D eigenvalue weighted by atomic mass is 16.5. The fourth-order valence-corrected chi connectivity index (χ4v) is 3.51. The maximum atomic E-state index is 12.4. The summed E-state index contributed by atoms with van der Waals surface area (Å²) in [7, 11) is 0. The quantitative estimate of drug-likeness (QED) is 0.665. The highest BCUT2D eigenvalue weighted by Gasteiger charge is 2.13. The second-order valence-corrected chi connectivity index (χ2v) is 7.25. The topological polar surface area (TPSA) is 83.6 Å². The molecule has 152 valence electrons. The van der Waals surface area contributed by atoms with E-state index in [9.17, 15) is 9.59 Å². The number of carbonyl (C=O) groups excluding carboxylic acids is 2. The van der Waals surface area contributed by atoms with Crippen LogP contribution in [0, 0.1) is 0 Å². The average Bonchev–Trinajstić information content (AvgIpc) is 2.75. The van der Waals surface area contributed by atoms with E-state index in [0.717, 1.165) is 52.1 Å². The third-order valence-corrected chi connectivity index (χ3v) is 5.19. The number of rotatable bonds is 8. The van der Waals surface area contributed by atoms with Crippen molar-refractivity contribution >= 4 is 11.8 Å². The molecule has 0 aromatic carbocycles. The van der Waals surface area contributed by atoms with Gasteiger partial charge in [-0.1, -0.05) is 11.6 Å². The predicted octanol–water partition coefficient (Wildman–Crippen LogP) is 1.76. The van der Waals surface area contributed by atoms with Gasteiger partial charge in [-0.25, -0.2) is 0 Å². The molecule has 1 fully saturated rings. The van der Waals surface area contributed by atoms with Crippen molar-refractivity contribution in [2.75, 3.05) is 45.9 Å². The lowest BCUT2D eigenvalue weighted by atomic mass is 9.97. The van der Waals surface area contributed by atoms with Crippen LogP contribution in [0.25, 0.3) is 0 Å². The Balaban J connectivity index is 1.43. The lowest BCUT2D eigenvalue weighted by Gasteiger charge is -2.26. The van der Waals surface area contributed by atoms with Crippen LogP contribution < -0.4 is 10.6 Å². The standard InChI is InChI=1S/C21H30N4O3/c26-20(24-10-11-25-12-14-28-15-13-25)18-7-9-22-19(16-18)21(27)23-8-6-17-4-2-1-3-5-17/h4,7,9,16H,1-3,5-6,8,10-15H2,(H,23,27)(H,24,26). The molecule has 7 heteroatoms. The van der Waals surface area contributed by atoms with E-state index in [1.165, 1.54) is 24.6 Å². The summed E-state index contributed by atoms with van der Waals surface area (Å²) in [5.41, 5.74) is 2.16. The number of nitrogens with one attached hydrogen (secondary N) is 2. The van der Waals surface area contributed by atoms with Crippen molar-refractivity contribution in [2.24, 2.45) is 0 Å². The summed E-state index contributed by atoms with van der Waals surface area (Å²) >= 11 is 0. The molecule has 1 aliphatic carbocycles. The number of carbonyl (C=O) groups is 2. The van der Waals surface area contributed by atoms with Gasteiger partial charge in [-0.05, 0) is 44.2 Å². The predicted molar refractivity (Wildman–Crippen MR) is 107 cm³/mol. The van der Waals surface area contributed by atoms with Crippen LogP contribution >= 0.6 is 0 Å². The SMILES string of the molecule is O=C(NCCN1CCOCC1)c1ccnc(C(=O)NCCC2=CCCCC2)c1. The lowest BCUT2D eigenvalue weighted by Crippen LogP contribution is -2.41. The van der Waals surface area contributed by atoms with Gasteiger partial charge in [-0.3, -0.25) is 19.5 Å². The van der Waals surface area contributed by atoms with Crippen LogP contribution in [0.2, 0.25) is 0 Å². The van der Waals surface area contributed by atoms with Gasteiger partial charge < -0.3 is 15.4 Å². The first-order chi connectivity index (χ1) is 13.7. The van der Waals surface area contributed by atoms with Crippen LogP contribution in [0.1, 0.15) is 53.0 Å². The van der Waals surface area contributed by atoms with Gasteiger partial charge in [0.25, 0.3) is 11.8 Å². The molecule has 2 aliphatic rings. The van der Waals surface area contributed by atoms with Gasteiger partial charge in [0.05, 0.1) is 13.2 Å². The van der Waals surface area contributed by atoms with E-state index >= 15 is 0 Å². The Morgan fingerprint density at radius 2 is 1.93 bits per heavy atom. The number of morpholine rings is 1.